The van der Waals surface area contributed by atoms with Crippen molar-refractivity contribution in [3.05, 3.63) is 70.0 Å². The van der Waals surface area contributed by atoms with Gasteiger partial charge >= 0.3 is 0 Å². The summed E-state index contributed by atoms with van der Waals surface area (Å²) in [4.78, 5) is 13.1. The monoisotopic (exact) mass is 320 g/mol. The first-order chi connectivity index (χ1) is 11.3. The van der Waals surface area contributed by atoms with Gasteiger partial charge in [0.25, 0.3) is 5.56 Å². The van der Waals surface area contributed by atoms with Crippen LogP contribution in [0, 0.1) is 13.8 Å². The number of hydrogen-bond donors (Lipinski definition) is 1. The normalized spacial score (nSPS) is 11.7. The maximum absolute atomic E-state index is 13.1. The smallest absolute Gasteiger partial charge is 0.275 e. The van der Waals surface area contributed by atoms with Gasteiger partial charge in [0.1, 0.15) is 0 Å². The predicted octanol–water partition coefficient (Wildman–Crippen LogP) is 4.88. The number of rotatable bonds is 2. The molecule has 124 valence electrons. The molecule has 1 heterocycles. The SMILES string of the molecule is Cc1ccc(-c2c(-c3cccc(C)c3)[nH]n(C(C)(C)C)c2=O)cc1. The Balaban J connectivity index is 2.31. The van der Waals surface area contributed by atoms with Gasteiger partial charge in [-0.05, 0) is 46.2 Å². The average Bonchev–Trinajstić information content (AvgIpc) is 2.86. The van der Waals surface area contributed by atoms with E-state index in [1.165, 1.54) is 11.1 Å². The maximum Gasteiger partial charge on any atom is 0.275 e. The number of benzene rings is 2. The highest BCUT2D eigenvalue weighted by Gasteiger charge is 2.23. The van der Waals surface area contributed by atoms with Crippen molar-refractivity contribution in [2.45, 2.75) is 40.2 Å². The Morgan fingerprint density at radius 1 is 0.875 bits per heavy atom. The Hall–Kier alpha value is -2.55. The van der Waals surface area contributed by atoms with E-state index in [0.29, 0.717) is 0 Å². The lowest BCUT2D eigenvalue weighted by Crippen LogP contribution is -2.32. The second-order valence-corrected chi connectivity index (χ2v) is 7.41. The molecule has 0 radical (unpaired) electrons. The zero-order chi connectivity index (χ0) is 17.5. The van der Waals surface area contributed by atoms with Gasteiger partial charge in [-0.25, -0.2) is 4.68 Å². The van der Waals surface area contributed by atoms with Gasteiger partial charge in [-0.1, -0.05) is 53.6 Å². The summed E-state index contributed by atoms with van der Waals surface area (Å²) < 4.78 is 1.72. The molecule has 1 aromatic heterocycles. The van der Waals surface area contributed by atoms with Crippen LogP contribution >= 0.6 is 0 Å². The summed E-state index contributed by atoms with van der Waals surface area (Å²) in [6.45, 7) is 10.2. The van der Waals surface area contributed by atoms with Crippen LogP contribution in [0.3, 0.4) is 0 Å². The Bertz CT molecular complexity index is 922. The van der Waals surface area contributed by atoms with Crippen molar-refractivity contribution >= 4 is 0 Å². The van der Waals surface area contributed by atoms with E-state index >= 15 is 0 Å². The molecule has 0 unspecified atom stereocenters. The van der Waals surface area contributed by atoms with E-state index in [4.69, 9.17) is 0 Å². The van der Waals surface area contributed by atoms with Crippen molar-refractivity contribution in [2.24, 2.45) is 0 Å². The van der Waals surface area contributed by atoms with Gasteiger partial charge in [-0.15, -0.1) is 0 Å². The molecule has 0 atom stereocenters. The van der Waals surface area contributed by atoms with Crippen molar-refractivity contribution in [1.29, 1.82) is 0 Å². The molecule has 24 heavy (non-hydrogen) atoms. The fourth-order valence-corrected chi connectivity index (χ4v) is 2.91. The van der Waals surface area contributed by atoms with E-state index in [-0.39, 0.29) is 11.1 Å². The van der Waals surface area contributed by atoms with E-state index in [0.717, 1.165) is 22.4 Å². The fraction of sp³-hybridized carbons (Fsp3) is 0.286. The number of aromatic amines is 1. The third-order valence-corrected chi connectivity index (χ3v) is 4.21. The lowest BCUT2D eigenvalue weighted by molar-refractivity contribution is 0.346. The van der Waals surface area contributed by atoms with E-state index < -0.39 is 0 Å². The van der Waals surface area contributed by atoms with Crippen molar-refractivity contribution < 1.29 is 0 Å². The van der Waals surface area contributed by atoms with E-state index in [9.17, 15) is 4.79 Å². The average molecular weight is 320 g/mol. The third-order valence-electron chi connectivity index (χ3n) is 4.21. The van der Waals surface area contributed by atoms with Crippen LogP contribution in [0.25, 0.3) is 22.4 Å². The van der Waals surface area contributed by atoms with Gasteiger partial charge in [0, 0.05) is 5.56 Å². The van der Waals surface area contributed by atoms with E-state index in [2.05, 4.69) is 31.1 Å². The summed E-state index contributed by atoms with van der Waals surface area (Å²) in [7, 11) is 0. The number of hydrogen-bond acceptors (Lipinski definition) is 1. The van der Waals surface area contributed by atoms with Crippen molar-refractivity contribution in [3.8, 4) is 22.4 Å². The molecule has 1 N–H and O–H groups in total. The van der Waals surface area contributed by atoms with Crippen LogP contribution in [0.1, 0.15) is 31.9 Å². The Kier molecular flexibility index (Phi) is 3.96. The van der Waals surface area contributed by atoms with Gasteiger partial charge in [0.15, 0.2) is 0 Å². The molecule has 3 heteroatoms. The number of aromatic nitrogens is 2. The maximum atomic E-state index is 13.1. The number of H-pyrrole nitrogens is 1. The molecule has 0 saturated heterocycles. The van der Waals surface area contributed by atoms with Crippen LogP contribution in [-0.2, 0) is 5.54 Å². The Labute approximate surface area is 143 Å². The van der Waals surface area contributed by atoms with Crippen molar-refractivity contribution in [1.82, 2.24) is 9.78 Å². The topological polar surface area (TPSA) is 37.8 Å². The molecule has 0 aliphatic carbocycles. The van der Waals surface area contributed by atoms with Crippen LogP contribution < -0.4 is 5.56 Å². The summed E-state index contributed by atoms with van der Waals surface area (Å²) in [5, 5.41) is 3.35. The summed E-state index contributed by atoms with van der Waals surface area (Å²) >= 11 is 0. The molecule has 3 rings (SSSR count). The molecular weight excluding hydrogens is 296 g/mol. The van der Waals surface area contributed by atoms with E-state index in [1.807, 2.05) is 57.2 Å². The molecule has 0 amide bonds. The highest BCUT2D eigenvalue weighted by molar-refractivity contribution is 5.80. The van der Waals surface area contributed by atoms with Crippen molar-refractivity contribution in [3.63, 3.8) is 0 Å². The summed E-state index contributed by atoms with van der Waals surface area (Å²) in [6.07, 6.45) is 0. The first-order valence-corrected chi connectivity index (χ1v) is 8.27. The van der Waals surface area contributed by atoms with Gasteiger partial charge in [0.2, 0.25) is 0 Å². The fourth-order valence-electron chi connectivity index (χ4n) is 2.91. The van der Waals surface area contributed by atoms with Gasteiger partial charge in [0.05, 0.1) is 16.8 Å². The highest BCUT2D eigenvalue weighted by Crippen LogP contribution is 2.30. The van der Waals surface area contributed by atoms with Gasteiger partial charge in [-0.2, -0.15) is 0 Å². The van der Waals surface area contributed by atoms with Crippen molar-refractivity contribution in [2.75, 3.05) is 0 Å². The molecule has 0 aliphatic rings. The number of aryl methyl sites for hydroxylation is 2. The quantitative estimate of drug-likeness (QED) is 0.718. The molecule has 0 fully saturated rings. The zero-order valence-corrected chi connectivity index (χ0v) is 15.0. The van der Waals surface area contributed by atoms with Crippen LogP contribution in [0.5, 0.6) is 0 Å². The first kappa shape index (κ1) is 16.3. The minimum atomic E-state index is -0.307. The van der Waals surface area contributed by atoms with Crippen LogP contribution in [0.2, 0.25) is 0 Å². The lowest BCUT2D eigenvalue weighted by atomic mass is 9.99. The molecule has 0 saturated carbocycles. The molecule has 3 aromatic rings. The van der Waals surface area contributed by atoms with Gasteiger partial charge in [-0.3, -0.25) is 9.89 Å². The van der Waals surface area contributed by atoms with Crippen LogP contribution in [-0.4, -0.2) is 9.78 Å². The number of nitrogens with zero attached hydrogens (tertiary/aromatic N) is 1. The lowest BCUT2D eigenvalue weighted by Gasteiger charge is -2.19. The highest BCUT2D eigenvalue weighted by atomic mass is 16.1. The van der Waals surface area contributed by atoms with Gasteiger partial charge < -0.3 is 0 Å². The summed E-state index contributed by atoms with van der Waals surface area (Å²) in [5.41, 5.74) is 5.65. The second-order valence-electron chi connectivity index (χ2n) is 7.41. The zero-order valence-electron chi connectivity index (χ0n) is 15.0. The molecule has 0 aliphatic heterocycles. The number of nitrogens with one attached hydrogen (secondary N) is 1. The summed E-state index contributed by atoms with van der Waals surface area (Å²) in [5.74, 6) is 0. The second kappa shape index (κ2) is 5.82. The standard InChI is InChI=1S/C21H24N2O/c1-14-9-11-16(12-10-14)18-19(17-8-6-7-15(2)13-17)22-23(20(18)24)21(3,4)5/h6-13,22H,1-5H3. The molecule has 2 aromatic carbocycles. The third kappa shape index (κ3) is 2.94. The predicted molar refractivity (Wildman–Crippen MR) is 100 cm³/mol. The Morgan fingerprint density at radius 2 is 1.54 bits per heavy atom. The molecular formula is C21H24N2O. The minimum Gasteiger partial charge on any atom is -0.294 e. The molecule has 0 spiro atoms. The Morgan fingerprint density at radius 3 is 2.12 bits per heavy atom. The summed E-state index contributed by atoms with van der Waals surface area (Å²) in [6, 6.07) is 16.4. The molecule has 3 nitrogen and oxygen atoms in total. The minimum absolute atomic E-state index is 0.0165. The van der Waals surface area contributed by atoms with Crippen LogP contribution in [0.15, 0.2) is 53.3 Å². The van der Waals surface area contributed by atoms with E-state index in [1.54, 1.807) is 4.68 Å². The largest absolute Gasteiger partial charge is 0.294 e. The van der Waals surface area contributed by atoms with Crippen LogP contribution in [0.4, 0.5) is 0 Å². The molecule has 0 bridgehead atoms. The first-order valence-electron chi connectivity index (χ1n) is 8.27.